The van der Waals surface area contributed by atoms with Gasteiger partial charge in [0.2, 0.25) is 0 Å². The van der Waals surface area contributed by atoms with Crippen molar-refractivity contribution in [3.05, 3.63) is 49.5 Å². The molecule has 100 valence electrons. The van der Waals surface area contributed by atoms with Crippen molar-refractivity contribution in [2.24, 2.45) is 0 Å². The van der Waals surface area contributed by atoms with E-state index in [0.717, 1.165) is 11.4 Å². The summed E-state index contributed by atoms with van der Waals surface area (Å²) in [5, 5.41) is 3.51. The number of halogens is 1. The fraction of sp³-hybridized carbons (Fsp3) is 0.250. The maximum Gasteiger partial charge on any atom is 0.253 e. The van der Waals surface area contributed by atoms with Crippen LogP contribution in [0.25, 0.3) is 0 Å². The molecule has 2 aromatic rings. The van der Waals surface area contributed by atoms with E-state index in [1.807, 2.05) is 0 Å². The van der Waals surface area contributed by atoms with Crippen LogP contribution in [0.5, 0.6) is 0 Å². The van der Waals surface area contributed by atoms with Crippen molar-refractivity contribution >= 4 is 34.7 Å². The van der Waals surface area contributed by atoms with E-state index >= 15 is 0 Å². The number of thioether (sulfide) groups is 1. The Hall–Kier alpha value is -1.53. The molecule has 0 aliphatic heterocycles. The van der Waals surface area contributed by atoms with Gasteiger partial charge in [0.25, 0.3) is 10.9 Å². The molecule has 7 heteroatoms. The van der Waals surface area contributed by atoms with Gasteiger partial charge >= 0.3 is 0 Å². The Balaban J connectivity index is 1.73. The molecule has 0 aliphatic rings. The van der Waals surface area contributed by atoms with Crippen molar-refractivity contribution in [3.63, 3.8) is 0 Å². The van der Waals surface area contributed by atoms with Crippen molar-refractivity contribution in [2.75, 3.05) is 23.3 Å². The second-order valence-electron chi connectivity index (χ2n) is 3.86. The Kier molecular flexibility index (Phi) is 4.44. The molecule has 0 aliphatic carbocycles. The summed E-state index contributed by atoms with van der Waals surface area (Å²) in [6, 6.07) is 3.58. The smallest absolute Gasteiger partial charge is 0.253 e. The Labute approximate surface area is 118 Å². The Morgan fingerprint density at radius 1 is 1.37 bits per heavy atom. The van der Waals surface area contributed by atoms with Crippen LogP contribution in [0, 0.1) is 0 Å². The first-order valence-corrected chi connectivity index (χ1v) is 7.14. The number of hydrogen-bond donors (Lipinski definition) is 2. The molecular weight excluding hydrogens is 286 g/mol. The Morgan fingerprint density at radius 3 is 2.84 bits per heavy atom. The van der Waals surface area contributed by atoms with E-state index in [1.165, 1.54) is 0 Å². The van der Waals surface area contributed by atoms with Crippen molar-refractivity contribution in [1.29, 1.82) is 0 Å². The van der Waals surface area contributed by atoms with Gasteiger partial charge in [0, 0.05) is 24.2 Å². The zero-order chi connectivity index (χ0) is 13.8. The zero-order valence-corrected chi connectivity index (χ0v) is 11.6. The SMILES string of the molecule is Nc1c(NCCSCc2ncccc2Cl)c(=O)c1=O. The molecule has 0 bridgehead atoms. The molecule has 3 N–H and O–H groups in total. The first-order valence-electron chi connectivity index (χ1n) is 5.61. The lowest BCUT2D eigenvalue weighted by Crippen LogP contribution is -2.37. The summed E-state index contributed by atoms with van der Waals surface area (Å²) in [7, 11) is 0. The number of anilines is 2. The maximum absolute atomic E-state index is 11.1. The first-order chi connectivity index (χ1) is 9.11. The largest absolute Gasteiger partial charge is 0.394 e. The predicted octanol–water partition coefficient (Wildman–Crippen LogP) is 1.26. The van der Waals surface area contributed by atoms with Gasteiger partial charge < -0.3 is 11.1 Å². The molecule has 19 heavy (non-hydrogen) atoms. The summed E-state index contributed by atoms with van der Waals surface area (Å²) in [5.74, 6) is 1.45. The van der Waals surface area contributed by atoms with Gasteiger partial charge in [0.15, 0.2) is 0 Å². The molecule has 2 rings (SSSR count). The highest BCUT2D eigenvalue weighted by Crippen LogP contribution is 2.18. The number of hydrogen-bond acceptors (Lipinski definition) is 6. The summed E-state index contributed by atoms with van der Waals surface area (Å²) < 4.78 is 0. The fourth-order valence-electron chi connectivity index (χ4n) is 1.53. The van der Waals surface area contributed by atoms with Crippen LogP contribution in [0.4, 0.5) is 11.4 Å². The maximum atomic E-state index is 11.1. The van der Waals surface area contributed by atoms with Crippen molar-refractivity contribution in [2.45, 2.75) is 5.75 Å². The van der Waals surface area contributed by atoms with Gasteiger partial charge in [-0.05, 0) is 12.1 Å². The molecule has 0 saturated carbocycles. The normalized spacial score (nSPS) is 10.8. The second-order valence-corrected chi connectivity index (χ2v) is 5.37. The van der Waals surface area contributed by atoms with E-state index in [-0.39, 0.29) is 11.4 Å². The lowest BCUT2D eigenvalue weighted by atomic mass is 10.2. The van der Waals surface area contributed by atoms with Crippen LogP contribution in [0.2, 0.25) is 5.02 Å². The van der Waals surface area contributed by atoms with Crippen LogP contribution in [0.3, 0.4) is 0 Å². The van der Waals surface area contributed by atoms with Gasteiger partial charge in [-0.2, -0.15) is 11.8 Å². The van der Waals surface area contributed by atoms with Gasteiger partial charge in [0.05, 0.1) is 10.7 Å². The van der Waals surface area contributed by atoms with Crippen LogP contribution in [0.1, 0.15) is 5.69 Å². The van der Waals surface area contributed by atoms with E-state index < -0.39 is 10.9 Å². The molecule has 0 unspecified atom stereocenters. The standard InChI is InChI=1S/C12H12ClN3O2S/c13-7-2-1-3-15-8(7)6-19-5-4-16-10-9(14)11(17)12(10)18/h1-3,16H,4-6,14H2. The highest BCUT2D eigenvalue weighted by atomic mass is 35.5. The quantitative estimate of drug-likeness (QED) is 0.617. The summed E-state index contributed by atoms with van der Waals surface area (Å²) in [6.45, 7) is 0.560. The fourth-order valence-corrected chi connectivity index (χ4v) is 2.61. The van der Waals surface area contributed by atoms with Crippen LogP contribution >= 0.6 is 23.4 Å². The third kappa shape index (κ3) is 3.08. The highest BCUT2D eigenvalue weighted by Gasteiger charge is 2.16. The third-order valence-electron chi connectivity index (χ3n) is 2.57. The molecule has 0 amide bonds. The minimum atomic E-state index is -0.601. The Morgan fingerprint density at radius 2 is 2.16 bits per heavy atom. The van der Waals surface area contributed by atoms with Gasteiger partial charge in [-0.15, -0.1) is 0 Å². The van der Waals surface area contributed by atoms with Gasteiger partial charge in [-0.3, -0.25) is 14.6 Å². The van der Waals surface area contributed by atoms with E-state index in [9.17, 15) is 9.59 Å². The summed E-state index contributed by atoms with van der Waals surface area (Å²) in [4.78, 5) is 26.2. The summed E-state index contributed by atoms with van der Waals surface area (Å²) in [6.07, 6.45) is 1.70. The monoisotopic (exact) mass is 297 g/mol. The number of rotatable bonds is 6. The average molecular weight is 298 g/mol. The molecule has 1 heterocycles. The number of nitrogen functional groups attached to an aromatic ring is 1. The van der Waals surface area contributed by atoms with E-state index in [1.54, 1.807) is 30.1 Å². The van der Waals surface area contributed by atoms with Crippen molar-refractivity contribution in [1.82, 2.24) is 4.98 Å². The average Bonchev–Trinajstić information content (AvgIpc) is 2.43. The summed E-state index contributed by atoms with van der Waals surface area (Å²) >= 11 is 7.61. The van der Waals surface area contributed by atoms with Crippen molar-refractivity contribution < 1.29 is 0 Å². The number of nitrogens with two attached hydrogens (primary N) is 1. The van der Waals surface area contributed by atoms with E-state index in [0.29, 0.717) is 17.3 Å². The van der Waals surface area contributed by atoms with E-state index in [4.69, 9.17) is 17.3 Å². The molecule has 0 fully saturated rings. The minimum Gasteiger partial charge on any atom is -0.394 e. The third-order valence-corrected chi connectivity index (χ3v) is 3.88. The van der Waals surface area contributed by atoms with Gasteiger partial charge in [-0.25, -0.2) is 0 Å². The molecule has 1 aromatic carbocycles. The van der Waals surface area contributed by atoms with Gasteiger partial charge in [0.1, 0.15) is 11.4 Å². The molecular formula is C12H12ClN3O2S. The lowest BCUT2D eigenvalue weighted by Gasteiger charge is -2.09. The topological polar surface area (TPSA) is 85.1 Å². The number of nitrogens with zero attached hydrogens (tertiary/aromatic N) is 1. The molecule has 5 nitrogen and oxygen atoms in total. The number of aromatic nitrogens is 1. The van der Waals surface area contributed by atoms with Crippen LogP contribution in [-0.4, -0.2) is 17.3 Å². The zero-order valence-electron chi connectivity index (χ0n) is 9.98. The minimum absolute atomic E-state index is 0.0303. The Bertz CT molecular complexity index is 652. The van der Waals surface area contributed by atoms with Crippen molar-refractivity contribution in [3.8, 4) is 0 Å². The molecule has 0 spiro atoms. The van der Waals surface area contributed by atoms with Crippen LogP contribution in [0.15, 0.2) is 27.9 Å². The number of nitrogens with one attached hydrogen (secondary N) is 1. The van der Waals surface area contributed by atoms with E-state index in [2.05, 4.69) is 10.3 Å². The highest BCUT2D eigenvalue weighted by molar-refractivity contribution is 7.98. The summed E-state index contributed by atoms with van der Waals surface area (Å²) in [5.41, 5.74) is 5.36. The molecule has 0 saturated heterocycles. The lowest BCUT2D eigenvalue weighted by molar-refractivity contribution is 1.16. The van der Waals surface area contributed by atoms with Crippen LogP contribution in [-0.2, 0) is 5.75 Å². The molecule has 1 aromatic heterocycles. The van der Waals surface area contributed by atoms with Crippen LogP contribution < -0.4 is 21.9 Å². The predicted molar refractivity (Wildman–Crippen MR) is 79.7 cm³/mol. The second kappa shape index (κ2) is 6.08. The number of pyridine rings is 1. The molecule has 0 radical (unpaired) electrons. The van der Waals surface area contributed by atoms with Gasteiger partial charge in [-0.1, -0.05) is 11.6 Å². The first kappa shape index (κ1) is 13.9. The molecule has 0 atom stereocenters.